The molecule has 0 spiro atoms. The first-order valence-corrected chi connectivity index (χ1v) is 11.0. The molecule has 0 unspecified atom stereocenters. The normalized spacial score (nSPS) is 9.85. The molecule has 0 amide bonds. The van der Waals surface area contributed by atoms with Crippen molar-refractivity contribution in [2.75, 3.05) is 0 Å². The van der Waals surface area contributed by atoms with Crippen molar-refractivity contribution in [3.05, 3.63) is 42.5 Å². The van der Waals surface area contributed by atoms with Crippen LogP contribution in [0.2, 0.25) is 0 Å². The van der Waals surface area contributed by atoms with Crippen molar-refractivity contribution in [3.8, 4) is 12.3 Å². The SMILES string of the molecule is C#CCCCCCCCCCCCCCCCC.C=Cc1ccccc1. The van der Waals surface area contributed by atoms with Crippen LogP contribution in [0.15, 0.2) is 36.9 Å². The van der Waals surface area contributed by atoms with Gasteiger partial charge >= 0.3 is 0 Å². The first-order chi connectivity index (χ1) is 12.8. The van der Waals surface area contributed by atoms with Crippen molar-refractivity contribution in [3.63, 3.8) is 0 Å². The van der Waals surface area contributed by atoms with Gasteiger partial charge in [0.05, 0.1) is 0 Å². The Morgan fingerprint density at radius 1 is 0.731 bits per heavy atom. The molecular formula is C26H42. The lowest BCUT2D eigenvalue weighted by molar-refractivity contribution is 0.536. The Kier molecular flexibility index (Phi) is 20.3. The summed E-state index contributed by atoms with van der Waals surface area (Å²) in [7, 11) is 0. The molecule has 0 atom stereocenters. The van der Waals surface area contributed by atoms with Crippen LogP contribution >= 0.6 is 0 Å². The van der Waals surface area contributed by atoms with E-state index in [1.54, 1.807) is 0 Å². The highest BCUT2D eigenvalue weighted by molar-refractivity contribution is 5.45. The van der Waals surface area contributed by atoms with E-state index in [9.17, 15) is 0 Å². The Morgan fingerprint density at radius 3 is 1.50 bits per heavy atom. The standard InChI is InChI=1S/C18H34.C8H8/c1-3-5-7-9-11-13-15-17-18-16-14-12-10-8-6-4-2;1-2-8-6-4-3-5-7-8/h1H,4-18H2,2H3;2-7H,1H2. The van der Waals surface area contributed by atoms with Crippen molar-refractivity contribution < 1.29 is 0 Å². The molecule has 0 aromatic heterocycles. The molecule has 0 aliphatic carbocycles. The molecule has 1 aromatic carbocycles. The molecule has 26 heavy (non-hydrogen) atoms. The summed E-state index contributed by atoms with van der Waals surface area (Å²) in [5, 5.41) is 0. The van der Waals surface area contributed by atoms with Crippen LogP contribution in [0.25, 0.3) is 6.08 Å². The summed E-state index contributed by atoms with van der Waals surface area (Å²) in [6, 6.07) is 10.0. The monoisotopic (exact) mass is 354 g/mol. The molecule has 1 aromatic rings. The fourth-order valence-electron chi connectivity index (χ4n) is 3.01. The first-order valence-electron chi connectivity index (χ1n) is 11.0. The Hall–Kier alpha value is -1.48. The van der Waals surface area contributed by atoms with Crippen LogP contribution in [0, 0.1) is 12.3 Å². The minimum Gasteiger partial charge on any atom is -0.120 e. The van der Waals surface area contributed by atoms with Crippen LogP contribution in [0.4, 0.5) is 0 Å². The predicted octanol–water partition coefficient (Wildman–Crippen LogP) is 8.82. The highest BCUT2D eigenvalue weighted by Crippen LogP contribution is 2.13. The molecule has 0 radical (unpaired) electrons. The second kappa shape index (κ2) is 21.6. The molecule has 146 valence electrons. The number of hydrogen-bond donors (Lipinski definition) is 0. The van der Waals surface area contributed by atoms with E-state index in [1.807, 2.05) is 36.4 Å². The van der Waals surface area contributed by atoms with Gasteiger partial charge in [-0.2, -0.15) is 0 Å². The van der Waals surface area contributed by atoms with Gasteiger partial charge in [-0.05, 0) is 12.0 Å². The summed E-state index contributed by atoms with van der Waals surface area (Å²) in [4.78, 5) is 0. The predicted molar refractivity (Wildman–Crippen MR) is 120 cm³/mol. The summed E-state index contributed by atoms with van der Waals surface area (Å²) >= 11 is 0. The van der Waals surface area contributed by atoms with Gasteiger partial charge in [-0.25, -0.2) is 0 Å². The highest BCUT2D eigenvalue weighted by Gasteiger charge is 1.93. The zero-order valence-electron chi connectivity index (χ0n) is 17.4. The van der Waals surface area contributed by atoms with Gasteiger partial charge < -0.3 is 0 Å². The van der Waals surface area contributed by atoms with Crippen molar-refractivity contribution in [1.29, 1.82) is 0 Å². The molecule has 0 N–H and O–H groups in total. The average Bonchev–Trinajstić information content (AvgIpc) is 2.69. The van der Waals surface area contributed by atoms with E-state index in [2.05, 4.69) is 19.4 Å². The van der Waals surface area contributed by atoms with Crippen LogP contribution in [-0.2, 0) is 0 Å². The van der Waals surface area contributed by atoms with E-state index < -0.39 is 0 Å². The lowest BCUT2D eigenvalue weighted by atomic mass is 10.0. The first kappa shape index (κ1) is 24.5. The smallest absolute Gasteiger partial charge is 0.00860 e. The minimum atomic E-state index is 0.970. The van der Waals surface area contributed by atoms with Crippen LogP contribution in [-0.4, -0.2) is 0 Å². The molecule has 0 saturated heterocycles. The fourth-order valence-corrected chi connectivity index (χ4v) is 3.01. The molecule has 0 aliphatic rings. The van der Waals surface area contributed by atoms with E-state index in [0.29, 0.717) is 0 Å². The Morgan fingerprint density at radius 2 is 1.15 bits per heavy atom. The molecule has 1 rings (SSSR count). The molecule has 0 heteroatoms. The maximum atomic E-state index is 5.23. The van der Waals surface area contributed by atoms with E-state index in [4.69, 9.17) is 6.42 Å². The molecule has 0 bridgehead atoms. The topological polar surface area (TPSA) is 0 Å². The van der Waals surface area contributed by atoms with Crippen LogP contribution in [0.3, 0.4) is 0 Å². The van der Waals surface area contributed by atoms with Crippen molar-refractivity contribution in [2.45, 2.75) is 103 Å². The van der Waals surface area contributed by atoms with Gasteiger partial charge in [0.25, 0.3) is 0 Å². The number of unbranched alkanes of at least 4 members (excludes halogenated alkanes) is 14. The van der Waals surface area contributed by atoms with Crippen molar-refractivity contribution in [1.82, 2.24) is 0 Å². The molecular weight excluding hydrogens is 312 g/mol. The van der Waals surface area contributed by atoms with E-state index >= 15 is 0 Å². The zero-order chi connectivity index (χ0) is 19.1. The van der Waals surface area contributed by atoms with Gasteiger partial charge in [0, 0.05) is 6.42 Å². The van der Waals surface area contributed by atoms with Crippen LogP contribution < -0.4 is 0 Å². The molecule has 0 nitrogen and oxygen atoms in total. The third-order valence-corrected chi connectivity index (χ3v) is 4.71. The minimum absolute atomic E-state index is 0.970. The number of terminal acetylenes is 1. The van der Waals surface area contributed by atoms with Crippen LogP contribution in [0.1, 0.15) is 109 Å². The number of hydrogen-bond acceptors (Lipinski definition) is 0. The average molecular weight is 355 g/mol. The van der Waals surface area contributed by atoms with Gasteiger partial charge in [-0.1, -0.05) is 133 Å². The number of rotatable bonds is 15. The van der Waals surface area contributed by atoms with E-state index in [-0.39, 0.29) is 0 Å². The Labute approximate surface area is 164 Å². The largest absolute Gasteiger partial charge is 0.120 e. The molecule has 0 heterocycles. The zero-order valence-corrected chi connectivity index (χ0v) is 17.4. The van der Waals surface area contributed by atoms with Gasteiger partial charge in [-0.3, -0.25) is 0 Å². The molecule has 0 fully saturated rings. The Balaban J connectivity index is 0.000000642. The van der Waals surface area contributed by atoms with Crippen molar-refractivity contribution in [2.24, 2.45) is 0 Å². The summed E-state index contributed by atoms with van der Waals surface area (Å²) < 4.78 is 0. The summed E-state index contributed by atoms with van der Waals surface area (Å²) in [5.74, 6) is 2.71. The van der Waals surface area contributed by atoms with Gasteiger partial charge in [0.1, 0.15) is 0 Å². The van der Waals surface area contributed by atoms with Crippen LogP contribution in [0.5, 0.6) is 0 Å². The number of benzene rings is 1. The lowest BCUT2D eigenvalue weighted by Crippen LogP contribution is -1.83. The maximum Gasteiger partial charge on any atom is 0.00860 e. The second-order valence-electron chi connectivity index (χ2n) is 7.17. The third kappa shape index (κ3) is 18.9. The van der Waals surface area contributed by atoms with E-state index in [0.717, 1.165) is 6.42 Å². The molecule has 0 aliphatic heterocycles. The highest BCUT2D eigenvalue weighted by atomic mass is 14.0. The van der Waals surface area contributed by atoms with E-state index in [1.165, 1.54) is 95.5 Å². The summed E-state index contributed by atoms with van der Waals surface area (Å²) in [6.07, 6.45) is 27.8. The van der Waals surface area contributed by atoms with Gasteiger partial charge in [0.15, 0.2) is 0 Å². The lowest BCUT2D eigenvalue weighted by Gasteiger charge is -2.02. The second-order valence-corrected chi connectivity index (χ2v) is 7.17. The summed E-state index contributed by atoms with van der Waals surface area (Å²) in [6.45, 7) is 5.92. The van der Waals surface area contributed by atoms with Gasteiger partial charge in [-0.15, -0.1) is 12.3 Å². The third-order valence-electron chi connectivity index (χ3n) is 4.71. The summed E-state index contributed by atoms with van der Waals surface area (Å²) in [5.41, 5.74) is 1.17. The van der Waals surface area contributed by atoms with Gasteiger partial charge in [0.2, 0.25) is 0 Å². The van der Waals surface area contributed by atoms with Crippen molar-refractivity contribution >= 4 is 6.08 Å². The molecule has 0 saturated carbocycles. The fraction of sp³-hybridized carbons (Fsp3) is 0.615. The maximum absolute atomic E-state index is 5.23. The Bertz CT molecular complexity index is 423. The quantitative estimate of drug-likeness (QED) is 0.218.